The average molecular weight is 275 g/mol. The van der Waals surface area contributed by atoms with E-state index in [0.29, 0.717) is 5.69 Å². The first kappa shape index (κ1) is 13.0. The van der Waals surface area contributed by atoms with E-state index in [1.54, 1.807) is 18.2 Å². The Morgan fingerprint density at radius 1 is 1.32 bits per heavy atom. The predicted octanol–water partition coefficient (Wildman–Crippen LogP) is 2.53. The van der Waals surface area contributed by atoms with Crippen LogP contribution in [-0.4, -0.2) is 15.8 Å². The van der Waals surface area contributed by atoms with Crippen LogP contribution in [-0.2, 0) is 0 Å². The standard InChI is InChI=1S/C12H9N3O3S/c16-12(9-3-1-2-6-13-9)14-8-4-5-10(15(17)18)11(19)7-8/h1-7,19H,(H,14,16). The van der Waals surface area contributed by atoms with Crippen LogP contribution in [0.15, 0.2) is 47.5 Å². The molecule has 7 heteroatoms. The summed E-state index contributed by atoms with van der Waals surface area (Å²) >= 11 is 4.01. The fourth-order valence-corrected chi connectivity index (χ4v) is 1.74. The van der Waals surface area contributed by atoms with Crippen LogP contribution in [0.25, 0.3) is 0 Å². The molecule has 0 radical (unpaired) electrons. The summed E-state index contributed by atoms with van der Waals surface area (Å²) < 4.78 is 0. The molecule has 0 spiro atoms. The Labute approximate surface area is 114 Å². The van der Waals surface area contributed by atoms with Crippen LogP contribution in [0.4, 0.5) is 11.4 Å². The number of carbonyl (C=O) groups is 1. The number of hydrogen-bond donors (Lipinski definition) is 2. The molecule has 6 nitrogen and oxygen atoms in total. The van der Waals surface area contributed by atoms with Crippen LogP contribution in [0, 0.1) is 10.1 Å². The third kappa shape index (κ3) is 3.08. The largest absolute Gasteiger partial charge is 0.321 e. The minimum Gasteiger partial charge on any atom is -0.321 e. The molecule has 19 heavy (non-hydrogen) atoms. The molecule has 0 saturated heterocycles. The van der Waals surface area contributed by atoms with Gasteiger partial charge in [0.25, 0.3) is 11.6 Å². The van der Waals surface area contributed by atoms with Gasteiger partial charge in [-0.25, -0.2) is 0 Å². The fraction of sp³-hybridized carbons (Fsp3) is 0. The van der Waals surface area contributed by atoms with Gasteiger partial charge in [0.15, 0.2) is 0 Å². The highest BCUT2D eigenvalue weighted by atomic mass is 32.1. The first-order valence-corrected chi connectivity index (χ1v) is 5.72. The van der Waals surface area contributed by atoms with E-state index >= 15 is 0 Å². The zero-order valence-corrected chi connectivity index (χ0v) is 10.5. The Morgan fingerprint density at radius 2 is 2.11 bits per heavy atom. The summed E-state index contributed by atoms with van der Waals surface area (Å²) in [6, 6.07) is 9.12. The third-order valence-corrected chi connectivity index (χ3v) is 2.69. The molecule has 1 aromatic heterocycles. The molecule has 0 fully saturated rings. The zero-order chi connectivity index (χ0) is 13.8. The lowest BCUT2D eigenvalue weighted by atomic mass is 10.2. The number of benzene rings is 1. The number of carbonyl (C=O) groups excluding carboxylic acids is 1. The van der Waals surface area contributed by atoms with Crippen molar-refractivity contribution in [1.82, 2.24) is 4.98 Å². The lowest BCUT2D eigenvalue weighted by Crippen LogP contribution is -2.13. The maximum Gasteiger partial charge on any atom is 0.282 e. The van der Waals surface area contributed by atoms with Crippen LogP contribution in [0.5, 0.6) is 0 Å². The van der Waals surface area contributed by atoms with Crippen LogP contribution in [0.1, 0.15) is 10.5 Å². The normalized spacial score (nSPS) is 9.95. The molecule has 0 atom stereocenters. The number of rotatable bonds is 3. The second-order valence-corrected chi connectivity index (χ2v) is 4.11. The van der Waals surface area contributed by atoms with E-state index in [-0.39, 0.29) is 22.2 Å². The smallest absolute Gasteiger partial charge is 0.282 e. The Hall–Kier alpha value is -2.41. The first-order chi connectivity index (χ1) is 9.08. The van der Waals surface area contributed by atoms with Gasteiger partial charge >= 0.3 is 0 Å². The summed E-state index contributed by atoms with van der Waals surface area (Å²) in [5.74, 6) is -0.387. The van der Waals surface area contributed by atoms with E-state index in [1.807, 2.05) is 0 Å². The van der Waals surface area contributed by atoms with Gasteiger partial charge in [-0.3, -0.25) is 19.9 Å². The molecular weight excluding hydrogens is 266 g/mol. The molecule has 1 heterocycles. The topological polar surface area (TPSA) is 85.1 Å². The number of nitrogens with one attached hydrogen (secondary N) is 1. The van der Waals surface area contributed by atoms with Gasteiger partial charge in [-0.15, -0.1) is 12.6 Å². The highest BCUT2D eigenvalue weighted by molar-refractivity contribution is 7.80. The van der Waals surface area contributed by atoms with Crippen molar-refractivity contribution in [2.45, 2.75) is 4.90 Å². The molecule has 1 amide bonds. The number of hydrogen-bond acceptors (Lipinski definition) is 5. The molecule has 0 unspecified atom stereocenters. The van der Waals surface area contributed by atoms with Gasteiger partial charge in [-0.1, -0.05) is 6.07 Å². The molecule has 0 aliphatic rings. The maximum absolute atomic E-state index is 11.8. The average Bonchev–Trinajstić information content (AvgIpc) is 2.39. The maximum atomic E-state index is 11.8. The van der Waals surface area contributed by atoms with Crippen molar-refractivity contribution in [3.8, 4) is 0 Å². The van der Waals surface area contributed by atoms with Gasteiger partial charge in [0.05, 0.1) is 9.82 Å². The van der Waals surface area contributed by atoms with Gasteiger partial charge in [-0.2, -0.15) is 0 Å². The van der Waals surface area contributed by atoms with Crippen LogP contribution < -0.4 is 5.32 Å². The van der Waals surface area contributed by atoms with Crippen molar-refractivity contribution in [2.75, 3.05) is 5.32 Å². The highest BCUT2D eigenvalue weighted by Gasteiger charge is 2.13. The lowest BCUT2D eigenvalue weighted by Gasteiger charge is -2.05. The Morgan fingerprint density at radius 3 is 2.68 bits per heavy atom. The molecular formula is C12H9N3O3S. The summed E-state index contributed by atoms with van der Waals surface area (Å²) in [7, 11) is 0. The molecule has 0 aliphatic carbocycles. The van der Waals surface area contributed by atoms with Crippen molar-refractivity contribution in [2.24, 2.45) is 0 Å². The molecule has 0 aliphatic heterocycles. The number of nitro groups is 1. The molecule has 96 valence electrons. The Bertz CT molecular complexity index is 631. The third-order valence-electron chi connectivity index (χ3n) is 2.33. The van der Waals surface area contributed by atoms with Crippen molar-refractivity contribution in [3.63, 3.8) is 0 Å². The van der Waals surface area contributed by atoms with Gasteiger partial charge < -0.3 is 5.32 Å². The van der Waals surface area contributed by atoms with Crippen LogP contribution >= 0.6 is 12.6 Å². The Kier molecular flexibility index (Phi) is 3.76. The van der Waals surface area contributed by atoms with Crippen LogP contribution in [0.3, 0.4) is 0 Å². The summed E-state index contributed by atoms with van der Waals surface area (Å²) in [6.45, 7) is 0. The summed E-state index contributed by atoms with van der Waals surface area (Å²) in [5, 5.41) is 13.2. The second kappa shape index (κ2) is 5.49. The minimum atomic E-state index is -0.535. The molecule has 2 rings (SSSR count). The lowest BCUT2D eigenvalue weighted by molar-refractivity contribution is -0.387. The van der Waals surface area contributed by atoms with Crippen molar-refractivity contribution in [1.29, 1.82) is 0 Å². The monoisotopic (exact) mass is 275 g/mol. The number of nitro benzene ring substituents is 1. The number of nitrogens with zero attached hydrogens (tertiary/aromatic N) is 2. The number of anilines is 1. The highest BCUT2D eigenvalue weighted by Crippen LogP contribution is 2.25. The summed E-state index contributed by atoms with van der Waals surface area (Å²) in [4.78, 5) is 26.0. The number of thiol groups is 1. The van der Waals surface area contributed by atoms with Crippen molar-refractivity contribution >= 4 is 29.9 Å². The summed E-state index contributed by atoms with van der Waals surface area (Å²) in [6.07, 6.45) is 1.51. The zero-order valence-electron chi connectivity index (χ0n) is 9.61. The van der Waals surface area contributed by atoms with E-state index < -0.39 is 4.92 Å². The first-order valence-electron chi connectivity index (χ1n) is 5.28. The van der Waals surface area contributed by atoms with E-state index in [1.165, 1.54) is 24.4 Å². The van der Waals surface area contributed by atoms with E-state index in [0.717, 1.165) is 0 Å². The van der Waals surface area contributed by atoms with E-state index in [2.05, 4.69) is 22.9 Å². The van der Waals surface area contributed by atoms with Gasteiger partial charge in [0.1, 0.15) is 5.69 Å². The second-order valence-electron chi connectivity index (χ2n) is 3.63. The quantitative estimate of drug-likeness (QED) is 0.512. The Balaban J connectivity index is 2.19. The SMILES string of the molecule is O=C(Nc1ccc([N+](=O)[O-])c(S)c1)c1ccccn1. The van der Waals surface area contributed by atoms with Gasteiger partial charge in [-0.05, 0) is 24.3 Å². The number of pyridine rings is 1. The van der Waals surface area contributed by atoms with Crippen molar-refractivity contribution < 1.29 is 9.72 Å². The van der Waals surface area contributed by atoms with E-state index in [9.17, 15) is 14.9 Å². The molecule has 1 N–H and O–H groups in total. The summed E-state index contributed by atoms with van der Waals surface area (Å²) in [5.41, 5.74) is 0.576. The number of aromatic nitrogens is 1. The molecule has 0 saturated carbocycles. The molecule has 2 aromatic rings. The van der Waals surface area contributed by atoms with Crippen molar-refractivity contribution in [3.05, 3.63) is 58.4 Å². The number of amides is 1. The molecule has 1 aromatic carbocycles. The van der Waals surface area contributed by atoms with E-state index in [4.69, 9.17) is 0 Å². The fourth-order valence-electron chi connectivity index (χ4n) is 1.45. The van der Waals surface area contributed by atoms with Gasteiger partial charge in [0, 0.05) is 18.0 Å². The molecule has 0 bridgehead atoms. The van der Waals surface area contributed by atoms with Gasteiger partial charge in [0.2, 0.25) is 0 Å². The minimum absolute atomic E-state index is 0.112. The van der Waals surface area contributed by atoms with Crippen LogP contribution in [0.2, 0.25) is 0 Å². The predicted molar refractivity (Wildman–Crippen MR) is 72.5 cm³/mol.